The van der Waals surface area contributed by atoms with E-state index in [9.17, 15) is 22.0 Å². The maximum Gasteiger partial charge on any atom is 0.246 e. The lowest BCUT2D eigenvalue weighted by Crippen LogP contribution is -2.52. The van der Waals surface area contributed by atoms with Gasteiger partial charge in [0.05, 0.1) is 6.54 Å². The van der Waals surface area contributed by atoms with Gasteiger partial charge in [-0.15, -0.1) is 0 Å². The summed E-state index contributed by atoms with van der Waals surface area (Å²) in [6.07, 6.45) is 5.63. The fraction of sp³-hybridized carbons (Fsp3) is 0.650. The zero-order chi connectivity index (χ0) is 21.0. The second-order valence-electron chi connectivity index (χ2n) is 7.73. The Hall–Kier alpha value is -1.58. The molecule has 162 valence electrons. The average molecular weight is 430 g/mol. The molecule has 1 heterocycles. The van der Waals surface area contributed by atoms with Crippen molar-refractivity contribution in [1.29, 1.82) is 0 Å². The third-order valence-corrected chi connectivity index (χ3v) is 7.79. The van der Waals surface area contributed by atoms with Gasteiger partial charge in [0.1, 0.15) is 16.5 Å². The number of hydrogen-bond acceptors (Lipinski definition) is 4. The van der Waals surface area contributed by atoms with E-state index in [2.05, 4.69) is 0 Å². The molecule has 1 saturated heterocycles. The number of amides is 1. The summed E-state index contributed by atoms with van der Waals surface area (Å²) in [7, 11) is -4.11. The monoisotopic (exact) mass is 429 g/mol. The lowest BCUT2D eigenvalue weighted by atomic mass is 9.94. The largest absolute Gasteiger partial charge is 0.339 e. The van der Waals surface area contributed by atoms with Crippen molar-refractivity contribution in [2.75, 3.05) is 39.3 Å². The summed E-state index contributed by atoms with van der Waals surface area (Å²) < 4.78 is 53.9. The van der Waals surface area contributed by atoms with Crippen molar-refractivity contribution in [3.05, 3.63) is 29.8 Å². The molecular formula is C20H29F2N3O3S. The van der Waals surface area contributed by atoms with E-state index in [1.54, 1.807) is 0 Å². The predicted molar refractivity (Wildman–Crippen MR) is 106 cm³/mol. The van der Waals surface area contributed by atoms with Crippen LogP contribution in [0.5, 0.6) is 0 Å². The normalized spacial score (nSPS) is 20.0. The molecule has 9 heteroatoms. The van der Waals surface area contributed by atoms with Crippen LogP contribution in [0.3, 0.4) is 0 Å². The minimum absolute atomic E-state index is 0.0758. The first-order valence-corrected chi connectivity index (χ1v) is 11.7. The van der Waals surface area contributed by atoms with Gasteiger partial charge in [0.2, 0.25) is 15.9 Å². The fourth-order valence-electron chi connectivity index (χ4n) is 4.25. The maximum atomic E-state index is 13.9. The van der Waals surface area contributed by atoms with Gasteiger partial charge in [-0.2, -0.15) is 4.31 Å². The van der Waals surface area contributed by atoms with Gasteiger partial charge in [0.25, 0.3) is 0 Å². The molecule has 3 rings (SSSR count). The second kappa shape index (κ2) is 9.49. The van der Waals surface area contributed by atoms with Crippen LogP contribution in [0, 0.1) is 11.6 Å². The van der Waals surface area contributed by atoms with Gasteiger partial charge in [-0.1, -0.05) is 19.3 Å². The highest BCUT2D eigenvalue weighted by Crippen LogP contribution is 2.24. The molecule has 1 aliphatic heterocycles. The minimum Gasteiger partial charge on any atom is -0.339 e. The van der Waals surface area contributed by atoms with E-state index in [0.717, 1.165) is 42.1 Å². The van der Waals surface area contributed by atoms with Crippen LogP contribution >= 0.6 is 0 Å². The van der Waals surface area contributed by atoms with E-state index in [4.69, 9.17) is 0 Å². The van der Waals surface area contributed by atoms with Crippen LogP contribution in [0.1, 0.15) is 39.0 Å². The number of likely N-dealkylation sites (N-methyl/N-ethyl adjacent to an activating group) is 1. The van der Waals surface area contributed by atoms with Crippen molar-refractivity contribution in [3.63, 3.8) is 0 Å². The van der Waals surface area contributed by atoms with Crippen molar-refractivity contribution in [2.24, 2.45) is 0 Å². The van der Waals surface area contributed by atoms with Crippen LogP contribution in [0.4, 0.5) is 8.78 Å². The molecule has 0 aromatic heterocycles. The first-order valence-electron chi connectivity index (χ1n) is 10.3. The molecular weight excluding hydrogens is 400 g/mol. The molecule has 6 nitrogen and oxygen atoms in total. The Morgan fingerprint density at radius 3 is 2.38 bits per heavy atom. The summed E-state index contributed by atoms with van der Waals surface area (Å²) >= 11 is 0. The molecule has 0 atom stereocenters. The summed E-state index contributed by atoms with van der Waals surface area (Å²) in [5, 5.41) is 0. The van der Waals surface area contributed by atoms with E-state index in [-0.39, 0.29) is 25.5 Å². The summed E-state index contributed by atoms with van der Waals surface area (Å²) in [6, 6.07) is 2.73. The van der Waals surface area contributed by atoms with E-state index in [0.29, 0.717) is 31.7 Å². The summed E-state index contributed by atoms with van der Waals surface area (Å²) in [4.78, 5) is 16.0. The zero-order valence-electron chi connectivity index (χ0n) is 16.8. The number of benzene rings is 1. The highest BCUT2D eigenvalue weighted by atomic mass is 32.2. The number of halogens is 2. The van der Waals surface area contributed by atoms with Crippen molar-refractivity contribution in [1.82, 2.24) is 14.1 Å². The predicted octanol–water partition coefficient (Wildman–Crippen LogP) is 2.45. The van der Waals surface area contributed by atoms with Gasteiger partial charge in [-0.05, 0) is 38.0 Å². The lowest BCUT2D eigenvalue weighted by molar-refractivity contribution is -0.135. The average Bonchev–Trinajstić information content (AvgIpc) is 2.71. The molecule has 1 aliphatic carbocycles. The first-order chi connectivity index (χ1) is 13.8. The number of piperazine rings is 1. The number of carbonyl (C=O) groups is 1. The molecule has 2 fully saturated rings. The quantitative estimate of drug-likeness (QED) is 0.697. The number of sulfonamides is 1. The van der Waals surface area contributed by atoms with E-state index in [1.165, 1.54) is 6.42 Å². The molecule has 0 spiro atoms. The Balaban J connectivity index is 1.58. The smallest absolute Gasteiger partial charge is 0.246 e. The van der Waals surface area contributed by atoms with Crippen molar-refractivity contribution in [3.8, 4) is 0 Å². The molecule has 0 unspecified atom stereocenters. The Bertz CT molecular complexity index is 820. The van der Waals surface area contributed by atoms with E-state index < -0.39 is 26.6 Å². The van der Waals surface area contributed by atoms with Gasteiger partial charge in [-0.25, -0.2) is 17.2 Å². The highest BCUT2D eigenvalue weighted by Gasteiger charge is 2.32. The van der Waals surface area contributed by atoms with Crippen LogP contribution in [-0.4, -0.2) is 73.7 Å². The van der Waals surface area contributed by atoms with Crippen LogP contribution in [-0.2, 0) is 14.8 Å². The number of rotatable bonds is 6. The van der Waals surface area contributed by atoms with Crippen molar-refractivity contribution >= 4 is 15.9 Å². The third kappa shape index (κ3) is 5.13. The van der Waals surface area contributed by atoms with Crippen LogP contribution < -0.4 is 0 Å². The third-order valence-electron chi connectivity index (χ3n) is 5.88. The second-order valence-corrected chi connectivity index (χ2v) is 9.63. The Morgan fingerprint density at radius 1 is 1.10 bits per heavy atom. The molecule has 1 saturated carbocycles. The van der Waals surface area contributed by atoms with Gasteiger partial charge in [-0.3, -0.25) is 9.69 Å². The van der Waals surface area contributed by atoms with Gasteiger partial charge in [0, 0.05) is 38.8 Å². The topological polar surface area (TPSA) is 60.9 Å². The SMILES string of the molecule is CCN(C(=O)CN1CCN(S(=O)(=O)c2cc(F)ccc2F)CC1)C1CCCCC1. The Kier molecular flexibility index (Phi) is 7.23. The zero-order valence-corrected chi connectivity index (χ0v) is 17.6. The summed E-state index contributed by atoms with van der Waals surface area (Å²) in [5.74, 6) is -1.68. The molecule has 1 aromatic carbocycles. The molecule has 29 heavy (non-hydrogen) atoms. The standard InChI is InChI=1S/C20H29F2N3O3S/c1-2-25(17-6-4-3-5-7-17)20(26)15-23-10-12-24(13-11-23)29(27,28)19-14-16(21)8-9-18(19)22/h8-9,14,17H,2-7,10-13,15H2,1H3. The first kappa shape index (κ1) is 22.1. The summed E-state index contributed by atoms with van der Waals surface area (Å²) in [6.45, 7) is 3.96. The maximum absolute atomic E-state index is 13.9. The van der Waals surface area contributed by atoms with E-state index >= 15 is 0 Å². The Morgan fingerprint density at radius 2 is 1.76 bits per heavy atom. The number of hydrogen-bond donors (Lipinski definition) is 0. The molecule has 2 aliphatic rings. The highest BCUT2D eigenvalue weighted by molar-refractivity contribution is 7.89. The lowest BCUT2D eigenvalue weighted by Gasteiger charge is -2.37. The minimum atomic E-state index is -4.11. The molecule has 0 bridgehead atoms. The van der Waals surface area contributed by atoms with Crippen molar-refractivity contribution < 1.29 is 22.0 Å². The molecule has 1 aromatic rings. The Labute approximate surface area is 171 Å². The van der Waals surface area contributed by atoms with E-state index in [1.807, 2.05) is 16.7 Å². The fourth-order valence-corrected chi connectivity index (χ4v) is 5.75. The van der Waals surface area contributed by atoms with Crippen LogP contribution in [0.2, 0.25) is 0 Å². The summed E-state index contributed by atoms with van der Waals surface area (Å²) in [5.41, 5.74) is 0. The molecule has 0 radical (unpaired) electrons. The van der Waals surface area contributed by atoms with Gasteiger partial charge in [0.15, 0.2) is 0 Å². The van der Waals surface area contributed by atoms with Crippen molar-refractivity contribution in [2.45, 2.75) is 50.0 Å². The van der Waals surface area contributed by atoms with Gasteiger partial charge >= 0.3 is 0 Å². The number of carbonyl (C=O) groups excluding carboxylic acids is 1. The number of nitrogens with zero attached hydrogens (tertiary/aromatic N) is 3. The molecule has 0 N–H and O–H groups in total. The van der Waals surface area contributed by atoms with Crippen LogP contribution in [0.15, 0.2) is 23.1 Å². The van der Waals surface area contributed by atoms with Gasteiger partial charge < -0.3 is 4.90 Å². The van der Waals surface area contributed by atoms with Crippen LogP contribution in [0.25, 0.3) is 0 Å². The molecule has 1 amide bonds.